The molecule has 0 aliphatic heterocycles. The monoisotopic (exact) mass is 443 g/mol. The number of aromatic nitrogens is 1. The van der Waals surface area contributed by atoms with E-state index in [-0.39, 0.29) is 5.92 Å². The van der Waals surface area contributed by atoms with Gasteiger partial charge in [-0.2, -0.15) is 0 Å². The van der Waals surface area contributed by atoms with Gasteiger partial charge in [-0.1, -0.05) is 35.0 Å². The first-order valence-electron chi connectivity index (χ1n) is 9.57. The number of benzene rings is 2. The van der Waals surface area contributed by atoms with Gasteiger partial charge in [0.1, 0.15) is 5.75 Å². The van der Waals surface area contributed by atoms with E-state index >= 15 is 0 Å². The molecule has 3 aromatic rings. The Labute approximate surface area is 174 Å². The lowest BCUT2D eigenvalue weighted by atomic mass is 9.96. The van der Waals surface area contributed by atoms with E-state index in [2.05, 4.69) is 63.8 Å². The van der Waals surface area contributed by atoms with E-state index in [0.717, 1.165) is 34.1 Å². The minimum Gasteiger partial charge on any atom is -0.497 e. The molecule has 0 aliphatic carbocycles. The number of hydrogen-bond donors (Lipinski definition) is 1. The summed E-state index contributed by atoms with van der Waals surface area (Å²) in [4.78, 5) is 11.4. The third kappa shape index (κ3) is 4.25. The molecule has 0 bridgehead atoms. The second-order valence-corrected chi connectivity index (χ2v) is 8.06. The Morgan fingerprint density at radius 1 is 1.21 bits per heavy atom. The lowest BCUT2D eigenvalue weighted by molar-refractivity contribution is -0.142. The van der Waals surface area contributed by atoms with Gasteiger partial charge in [-0.05, 0) is 67.6 Å². The van der Waals surface area contributed by atoms with Crippen LogP contribution in [0.4, 0.5) is 0 Å². The summed E-state index contributed by atoms with van der Waals surface area (Å²) in [6.45, 7) is 4.84. The zero-order chi connectivity index (χ0) is 20.3. The molecule has 0 saturated heterocycles. The van der Waals surface area contributed by atoms with Crippen LogP contribution in [0.5, 0.6) is 5.75 Å². The topological polar surface area (TPSA) is 51.5 Å². The zero-order valence-corrected chi connectivity index (χ0v) is 18.1. The molecule has 5 heteroatoms. The first kappa shape index (κ1) is 20.5. The van der Waals surface area contributed by atoms with Crippen LogP contribution < -0.4 is 4.74 Å². The molecule has 0 radical (unpaired) electrons. The SMILES string of the molecule is CCC(CCc1c(C)n(Cc2ccc(Br)cc2)c2ccc(OC)cc12)C(=O)O. The largest absolute Gasteiger partial charge is 0.497 e. The molecule has 0 aliphatic rings. The van der Waals surface area contributed by atoms with E-state index in [0.29, 0.717) is 12.8 Å². The maximum absolute atomic E-state index is 11.4. The molecule has 1 atom stereocenters. The van der Waals surface area contributed by atoms with Crippen molar-refractivity contribution in [1.29, 1.82) is 0 Å². The molecule has 0 saturated carbocycles. The zero-order valence-electron chi connectivity index (χ0n) is 16.5. The third-order valence-electron chi connectivity index (χ3n) is 5.50. The van der Waals surface area contributed by atoms with Crippen molar-refractivity contribution >= 4 is 32.8 Å². The van der Waals surface area contributed by atoms with Crippen molar-refractivity contribution in [2.45, 2.75) is 39.7 Å². The van der Waals surface area contributed by atoms with E-state index in [4.69, 9.17) is 4.74 Å². The molecule has 148 valence electrons. The van der Waals surface area contributed by atoms with E-state index in [9.17, 15) is 9.90 Å². The normalized spacial score (nSPS) is 12.3. The van der Waals surface area contributed by atoms with Gasteiger partial charge in [0.25, 0.3) is 0 Å². The number of carboxylic acid groups (broad SMARTS) is 1. The molecule has 0 spiro atoms. The fourth-order valence-electron chi connectivity index (χ4n) is 3.77. The first-order valence-corrected chi connectivity index (χ1v) is 10.4. The third-order valence-corrected chi connectivity index (χ3v) is 6.03. The van der Waals surface area contributed by atoms with Gasteiger partial charge in [0.2, 0.25) is 0 Å². The smallest absolute Gasteiger partial charge is 0.306 e. The number of ether oxygens (including phenoxy) is 1. The van der Waals surface area contributed by atoms with Crippen LogP contribution in [0.1, 0.15) is 36.6 Å². The highest BCUT2D eigenvalue weighted by molar-refractivity contribution is 9.10. The number of nitrogens with zero attached hydrogens (tertiary/aromatic N) is 1. The fraction of sp³-hybridized carbons (Fsp3) is 0.348. The second kappa shape index (κ2) is 8.82. The Morgan fingerprint density at radius 3 is 2.54 bits per heavy atom. The Bertz CT molecular complexity index is 976. The number of aliphatic carboxylic acids is 1. The number of hydrogen-bond acceptors (Lipinski definition) is 2. The quantitative estimate of drug-likeness (QED) is 0.477. The van der Waals surface area contributed by atoms with Crippen molar-refractivity contribution in [3.63, 3.8) is 0 Å². The summed E-state index contributed by atoms with van der Waals surface area (Å²) in [7, 11) is 1.67. The summed E-state index contributed by atoms with van der Waals surface area (Å²) >= 11 is 3.49. The summed E-state index contributed by atoms with van der Waals surface area (Å²) in [6, 6.07) is 14.5. The van der Waals surface area contributed by atoms with Crippen LogP contribution >= 0.6 is 15.9 Å². The number of aryl methyl sites for hydroxylation is 1. The van der Waals surface area contributed by atoms with Crippen molar-refractivity contribution in [2.24, 2.45) is 5.92 Å². The highest BCUT2D eigenvalue weighted by Gasteiger charge is 2.19. The summed E-state index contributed by atoms with van der Waals surface area (Å²) in [5, 5.41) is 10.6. The van der Waals surface area contributed by atoms with Gasteiger partial charge < -0.3 is 14.4 Å². The van der Waals surface area contributed by atoms with E-state index in [1.807, 2.05) is 13.0 Å². The minimum absolute atomic E-state index is 0.310. The maximum atomic E-state index is 11.4. The van der Waals surface area contributed by atoms with Crippen molar-refractivity contribution < 1.29 is 14.6 Å². The van der Waals surface area contributed by atoms with Crippen LogP contribution in [-0.2, 0) is 17.8 Å². The minimum atomic E-state index is -0.712. The molecule has 1 aromatic heterocycles. The Hall–Kier alpha value is -2.27. The predicted molar refractivity (Wildman–Crippen MR) is 116 cm³/mol. The van der Waals surface area contributed by atoms with Gasteiger partial charge in [-0.15, -0.1) is 0 Å². The molecule has 28 heavy (non-hydrogen) atoms. The fourth-order valence-corrected chi connectivity index (χ4v) is 4.03. The summed E-state index contributed by atoms with van der Waals surface area (Å²) < 4.78 is 8.81. The highest BCUT2D eigenvalue weighted by atomic mass is 79.9. The number of methoxy groups -OCH3 is 1. The number of fused-ring (bicyclic) bond motifs is 1. The van der Waals surface area contributed by atoms with Crippen LogP contribution in [0.15, 0.2) is 46.9 Å². The predicted octanol–water partition coefficient (Wildman–Crippen LogP) is 5.81. The first-order chi connectivity index (χ1) is 13.4. The summed E-state index contributed by atoms with van der Waals surface area (Å²) in [6.07, 6.45) is 2.03. The molecule has 1 unspecified atom stereocenters. The van der Waals surface area contributed by atoms with Crippen LogP contribution in [0.2, 0.25) is 0 Å². The molecule has 0 fully saturated rings. The van der Waals surface area contributed by atoms with Crippen molar-refractivity contribution in [3.05, 3.63) is 63.8 Å². The average Bonchev–Trinajstić information content (AvgIpc) is 2.94. The molecule has 4 nitrogen and oxygen atoms in total. The van der Waals surface area contributed by atoms with E-state index < -0.39 is 5.97 Å². The molecule has 1 heterocycles. The van der Waals surface area contributed by atoms with Crippen molar-refractivity contribution in [1.82, 2.24) is 4.57 Å². The molecular weight excluding hydrogens is 418 g/mol. The lowest BCUT2D eigenvalue weighted by Gasteiger charge is -2.11. The number of halogens is 1. The highest BCUT2D eigenvalue weighted by Crippen LogP contribution is 2.32. The van der Waals surface area contributed by atoms with Gasteiger partial charge in [0.15, 0.2) is 0 Å². The van der Waals surface area contributed by atoms with Crippen LogP contribution in [0, 0.1) is 12.8 Å². The van der Waals surface area contributed by atoms with Crippen LogP contribution in [0.25, 0.3) is 10.9 Å². The molecule has 0 amide bonds. The van der Waals surface area contributed by atoms with Crippen LogP contribution in [0.3, 0.4) is 0 Å². The molecule has 1 N–H and O–H groups in total. The molecular formula is C23H26BrNO3. The van der Waals surface area contributed by atoms with E-state index in [1.54, 1.807) is 7.11 Å². The van der Waals surface area contributed by atoms with Crippen molar-refractivity contribution in [2.75, 3.05) is 7.11 Å². The van der Waals surface area contributed by atoms with E-state index in [1.165, 1.54) is 16.8 Å². The number of carboxylic acids is 1. The Balaban J connectivity index is 2.02. The van der Waals surface area contributed by atoms with Gasteiger partial charge >= 0.3 is 5.97 Å². The second-order valence-electron chi connectivity index (χ2n) is 7.14. The Morgan fingerprint density at radius 2 is 1.93 bits per heavy atom. The average molecular weight is 444 g/mol. The number of rotatable bonds is 8. The van der Waals surface area contributed by atoms with Crippen LogP contribution in [-0.4, -0.2) is 22.8 Å². The van der Waals surface area contributed by atoms with Gasteiger partial charge in [-0.25, -0.2) is 0 Å². The molecule has 3 rings (SSSR count). The van der Waals surface area contributed by atoms with Crippen molar-refractivity contribution in [3.8, 4) is 5.75 Å². The number of carbonyl (C=O) groups is 1. The lowest BCUT2D eigenvalue weighted by Crippen LogP contribution is -2.13. The standard InChI is InChI=1S/C23H26BrNO3/c1-4-17(23(26)27)7-11-20-15(2)25(14-16-5-8-18(24)9-6-16)22-12-10-19(28-3)13-21(20)22/h5-6,8-10,12-13,17H,4,7,11,14H2,1-3H3,(H,26,27). The van der Waals surface area contributed by atoms with Gasteiger partial charge in [0.05, 0.1) is 13.0 Å². The summed E-state index contributed by atoms with van der Waals surface area (Å²) in [5.41, 5.74) is 4.78. The van der Waals surface area contributed by atoms with Gasteiger partial charge in [-0.3, -0.25) is 4.79 Å². The Kier molecular flexibility index (Phi) is 6.45. The maximum Gasteiger partial charge on any atom is 0.306 e. The van der Waals surface area contributed by atoms with Gasteiger partial charge in [0, 0.05) is 27.6 Å². The molecule has 2 aromatic carbocycles. The summed E-state index contributed by atoms with van der Waals surface area (Å²) in [5.74, 6) is -0.203.